The number of rotatable bonds is 3. The van der Waals surface area contributed by atoms with E-state index in [2.05, 4.69) is 27.4 Å². The van der Waals surface area contributed by atoms with Gasteiger partial charge in [0.25, 0.3) is 0 Å². The van der Waals surface area contributed by atoms with E-state index in [0.29, 0.717) is 28.8 Å². The summed E-state index contributed by atoms with van der Waals surface area (Å²) in [7, 11) is 0. The lowest BCUT2D eigenvalue weighted by Crippen LogP contribution is -2.58. The minimum atomic E-state index is -4.97. The highest BCUT2D eigenvalue weighted by Gasteiger charge is 2.64. The first-order valence-electron chi connectivity index (χ1n) is 14.9. The van der Waals surface area contributed by atoms with Gasteiger partial charge in [-0.25, -0.2) is 9.97 Å². The molecular formula is C35H34F3N5O2. The highest BCUT2D eigenvalue weighted by Crippen LogP contribution is 2.56. The summed E-state index contributed by atoms with van der Waals surface area (Å²) in [4.78, 5) is 8.68. The van der Waals surface area contributed by atoms with Crippen LogP contribution in [0.5, 0.6) is 5.75 Å². The highest BCUT2D eigenvalue weighted by molar-refractivity contribution is 5.91. The molecule has 1 heterocycles. The maximum absolute atomic E-state index is 14.3. The van der Waals surface area contributed by atoms with Crippen LogP contribution in [0, 0.1) is 22.7 Å². The second-order valence-corrected chi connectivity index (χ2v) is 12.3. The molecule has 0 spiro atoms. The molecular weight excluding hydrogens is 579 g/mol. The molecule has 0 bridgehead atoms. The SMILES string of the molecule is CCc1ncc2c(NC3c4ccc(C#N)c(O)c4C(C)(C)CC3(O)C(F)(F)F)cccc2n1.N#Cc1ccc2c(c1)CCCC2. The van der Waals surface area contributed by atoms with Gasteiger partial charge in [0.1, 0.15) is 17.6 Å². The maximum Gasteiger partial charge on any atom is 0.419 e. The number of hydrogen-bond acceptors (Lipinski definition) is 7. The summed E-state index contributed by atoms with van der Waals surface area (Å²) in [6, 6.07) is 16.1. The van der Waals surface area contributed by atoms with E-state index >= 15 is 0 Å². The number of aromatic nitrogens is 2. The lowest BCUT2D eigenvalue weighted by atomic mass is 9.63. The molecule has 45 heavy (non-hydrogen) atoms. The standard InChI is InChI=1S/C24H23F3N4O2.C11H11N/c1-4-18-29-11-15-16(30-18)6-5-7-17(15)31-21-14-9-8-13(10-28)20(32)19(14)22(2,3)12-23(21,33)24(25,26)27;12-8-9-5-6-10-3-1-2-4-11(10)7-9/h5-9,11,21,31-33H,4,12H2,1-3H3;5-7H,1-4H2. The van der Waals surface area contributed by atoms with E-state index in [-0.39, 0.29) is 22.4 Å². The molecule has 0 aliphatic heterocycles. The van der Waals surface area contributed by atoms with Gasteiger partial charge < -0.3 is 15.5 Å². The molecule has 1 aromatic heterocycles. The topological polar surface area (TPSA) is 126 Å². The van der Waals surface area contributed by atoms with Crippen LogP contribution in [0.3, 0.4) is 0 Å². The fourth-order valence-corrected chi connectivity index (χ4v) is 6.58. The number of alkyl halides is 3. The molecule has 2 atom stereocenters. The molecule has 7 nitrogen and oxygen atoms in total. The second kappa shape index (κ2) is 12.0. The molecule has 3 aromatic carbocycles. The first-order chi connectivity index (χ1) is 21.3. The Bertz CT molecular complexity index is 1840. The van der Waals surface area contributed by atoms with Crippen molar-refractivity contribution in [3.8, 4) is 17.9 Å². The van der Waals surface area contributed by atoms with Crippen LogP contribution in [-0.4, -0.2) is 32.0 Å². The Hall–Kier alpha value is -4.67. The van der Waals surface area contributed by atoms with Crippen LogP contribution in [0.15, 0.2) is 54.7 Å². The van der Waals surface area contributed by atoms with Crippen LogP contribution < -0.4 is 5.32 Å². The molecule has 2 unspecified atom stereocenters. The number of anilines is 1. The first-order valence-corrected chi connectivity index (χ1v) is 14.9. The van der Waals surface area contributed by atoms with Crippen molar-refractivity contribution in [2.75, 3.05) is 5.32 Å². The summed E-state index contributed by atoms with van der Waals surface area (Å²) in [5, 5.41) is 43.2. The van der Waals surface area contributed by atoms with Crippen molar-refractivity contribution in [3.05, 3.63) is 93.9 Å². The van der Waals surface area contributed by atoms with E-state index in [1.165, 1.54) is 56.4 Å². The summed E-state index contributed by atoms with van der Waals surface area (Å²) in [5.41, 5.74) is 0.352. The number of phenols is 1. The maximum atomic E-state index is 14.3. The number of halogens is 3. The molecule has 2 aliphatic carbocycles. The van der Waals surface area contributed by atoms with Gasteiger partial charge in [0.2, 0.25) is 0 Å². The number of nitrogens with zero attached hydrogens (tertiary/aromatic N) is 4. The first kappa shape index (κ1) is 31.7. The predicted molar refractivity (Wildman–Crippen MR) is 165 cm³/mol. The zero-order chi connectivity index (χ0) is 32.6. The van der Waals surface area contributed by atoms with Crippen LogP contribution >= 0.6 is 0 Å². The van der Waals surface area contributed by atoms with Crippen LogP contribution in [-0.2, 0) is 24.7 Å². The van der Waals surface area contributed by atoms with Crippen molar-refractivity contribution in [2.45, 2.75) is 82.5 Å². The van der Waals surface area contributed by atoms with Crippen molar-refractivity contribution in [2.24, 2.45) is 0 Å². The van der Waals surface area contributed by atoms with Crippen LogP contribution in [0.1, 0.15) is 85.3 Å². The van der Waals surface area contributed by atoms with E-state index in [0.717, 1.165) is 12.0 Å². The van der Waals surface area contributed by atoms with E-state index in [9.17, 15) is 28.6 Å². The zero-order valence-electron chi connectivity index (χ0n) is 25.3. The minimum absolute atomic E-state index is 0.0383. The normalized spacial score (nSPS) is 20.1. The largest absolute Gasteiger partial charge is 0.506 e. The number of benzene rings is 3. The minimum Gasteiger partial charge on any atom is -0.506 e. The van der Waals surface area contributed by atoms with E-state index < -0.39 is 29.7 Å². The Morgan fingerprint density at radius 3 is 2.42 bits per heavy atom. The van der Waals surface area contributed by atoms with E-state index in [1.807, 2.05) is 25.1 Å². The molecule has 232 valence electrons. The van der Waals surface area contributed by atoms with Gasteiger partial charge in [-0.05, 0) is 84.5 Å². The molecule has 4 aromatic rings. The Morgan fingerprint density at radius 2 is 1.76 bits per heavy atom. The Morgan fingerprint density at radius 1 is 1.02 bits per heavy atom. The number of aryl methyl sites for hydroxylation is 3. The number of hydrogen-bond donors (Lipinski definition) is 3. The van der Waals surface area contributed by atoms with Crippen molar-refractivity contribution in [1.29, 1.82) is 10.5 Å². The summed E-state index contributed by atoms with van der Waals surface area (Å²) in [6.07, 6.45) is 1.40. The molecule has 0 amide bonds. The lowest BCUT2D eigenvalue weighted by molar-refractivity contribution is -0.275. The number of nitrogens with one attached hydrogen (secondary N) is 1. The predicted octanol–water partition coefficient (Wildman–Crippen LogP) is 7.33. The molecule has 0 saturated carbocycles. The average Bonchev–Trinajstić information content (AvgIpc) is 3.01. The molecule has 0 radical (unpaired) electrons. The second-order valence-electron chi connectivity index (χ2n) is 12.3. The number of aromatic hydroxyl groups is 1. The molecule has 0 fully saturated rings. The van der Waals surface area contributed by atoms with Crippen molar-refractivity contribution >= 4 is 16.6 Å². The molecule has 3 N–H and O–H groups in total. The van der Waals surface area contributed by atoms with Gasteiger partial charge in [0.05, 0.1) is 28.8 Å². The fourth-order valence-electron chi connectivity index (χ4n) is 6.58. The van der Waals surface area contributed by atoms with E-state index in [1.54, 1.807) is 24.4 Å². The highest BCUT2D eigenvalue weighted by atomic mass is 19.4. The summed E-state index contributed by atoms with van der Waals surface area (Å²) in [6.45, 7) is 4.92. The summed E-state index contributed by atoms with van der Waals surface area (Å²) >= 11 is 0. The third kappa shape index (κ3) is 5.91. The van der Waals surface area contributed by atoms with Crippen LogP contribution in [0.4, 0.5) is 18.9 Å². The van der Waals surface area contributed by atoms with Gasteiger partial charge in [-0.1, -0.05) is 39.0 Å². The molecule has 0 saturated heterocycles. The van der Waals surface area contributed by atoms with Crippen LogP contribution in [0.2, 0.25) is 0 Å². The molecule has 6 rings (SSSR count). The van der Waals surface area contributed by atoms with Gasteiger partial charge in [0, 0.05) is 29.3 Å². The smallest absolute Gasteiger partial charge is 0.419 e. The van der Waals surface area contributed by atoms with Gasteiger partial charge in [-0.2, -0.15) is 23.7 Å². The Kier molecular flexibility index (Phi) is 8.48. The third-order valence-corrected chi connectivity index (χ3v) is 8.77. The third-order valence-electron chi connectivity index (χ3n) is 8.77. The number of phenolic OH excluding ortho intramolecular Hbond substituents is 1. The fraction of sp³-hybridized carbons (Fsp3) is 0.371. The number of fused-ring (bicyclic) bond motifs is 3. The van der Waals surface area contributed by atoms with Crippen molar-refractivity contribution in [1.82, 2.24) is 9.97 Å². The zero-order valence-corrected chi connectivity index (χ0v) is 25.3. The average molecular weight is 614 g/mol. The van der Waals surface area contributed by atoms with E-state index in [4.69, 9.17) is 5.26 Å². The van der Waals surface area contributed by atoms with Gasteiger partial charge >= 0.3 is 6.18 Å². The van der Waals surface area contributed by atoms with Crippen molar-refractivity contribution < 1.29 is 23.4 Å². The quantitative estimate of drug-likeness (QED) is 0.221. The van der Waals surface area contributed by atoms with Crippen LogP contribution in [0.25, 0.3) is 10.9 Å². The number of nitriles is 2. The van der Waals surface area contributed by atoms with Gasteiger partial charge in [0.15, 0.2) is 5.60 Å². The van der Waals surface area contributed by atoms with Crippen molar-refractivity contribution in [3.63, 3.8) is 0 Å². The molecule has 10 heteroatoms. The Labute approximate surface area is 260 Å². The molecule has 2 aliphatic rings. The lowest BCUT2D eigenvalue weighted by Gasteiger charge is -2.49. The van der Waals surface area contributed by atoms with Gasteiger partial charge in [-0.15, -0.1) is 0 Å². The summed E-state index contributed by atoms with van der Waals surface area (Å²) in [5.74, 6) is 0.232. The Balaban J connectivity index is 0.000000277. The summed E-state index contributed by atoms with van der Waals surface area (Å²) < 4.78 is 43.0. The van der Waals surface area contributed by atoms with Gasteiger partial charge in [-0.3, -0.25) is 0 Å². The number of aliphatic hydroxyl groups is 1. The monoisotopic (exact) mass is 613 g/mol.